The molecule has 0 spiro atoms. The number of ether oxygens (including phenoxy) is 2. The van der Waals surface area contributed by atoms with Gasteiger partial charge in [-0.25, -0.2) is 0 Å². The second-order valence-corrected chi connectivity index (χ2v) is 43.4. The molecule has 2 unspecified atom stereocenters. The van der Waals surface area contributed by atoms with Crippen molar-refractivity contribution in [2.75, 3.05) is 35.4 Å². The van der Waals surface area contributed by atoms with E-state index >= 15 is 0 Å². The molecule has 2 heterocycles. The van der Waals surface area contributed by atoms with Crippen molar-refractivity contribution in [1.29, 1.82) is 0 Å². The molecule has 11 heteroatoms. The minimum atomic E-state index is -0.278. The van der Waals surface area contributed by atoms with E-state index in [0.717, 1.165) is 33.0 Å². The Bertz CT molecular complexity index is 892. The molecule has 4 rings (SSSR count). The Hall–Kier alpha value is 0.0344. The van der Waals surface area contributed by atoms with Crippen molar-refractivity contribution in [1.82, 2.24) is 9.80 Å². The quantitative estimate of drug-likeness (QED) is 0.278. The van der Waals surface area contributed by atoms with E-state index in [9.17, 15) is 9.59 Å². The van der Waals surface area contributed by atoms with Gasteiger partial charge >= 0.3 is 76.8 Å². The fourth-order valence-electron chi connectivity index (χ4n) is 4.11. The van der Waals surface area contributed by atoms with Crippen LogP contribution < -0.4 is 0 Å². The molecule has 2 aromatic carbocycles. The Kier molecular flexibility index (Phi) is 24.9. The maximum atomic E-state index is 11.5. The molecule has 1 N–H and O–H groups in total. The predicted molar refractivity (Wildman–Crippen MR) is 183 cm³/mol. The van der Waals surface area contributed by atoms with Gasteiger partial charge in [-0.2, -0.15) is 0 Å². The topological polar surface area (TPSA) is 79.3 Å². The Balaban J connectivity index is 0. The zero-order valence-corrected chi connectivity index (χ0v) is 31.0. The first-order valence-electron chi connectivity index (χ1n) is 12.1. The maximum absolute atomic E-state index is 11.5. The standard InChI is InChI=1S/2C12H15NO2.C2H6.CH4O.CH4.3HI.V/c2*1-13-8-10-6-4-3-5-9(10)7-11(13)12(14)15-2;2*1-2;;;;;/h2*3-6,11H,7-8H2,1-2H3;1-2H3;2H,1H3;1H4;3*1H;/q;;;;;;;;+3/p-3. The molecule has 7 nitrogen and oxygen atoms in total. The molecule has 2 aliphatic rings. The van der Waals surface area contributed by atoms with Crippen LogP contribution in [0.3, 0.4) is 0 Å². The summed E-state index contributed by atoms with van der Waals surface area (Å²) in [6, 6.07) is 16.2. The van der Waals surface area contributed by atoms with Crippen molar-refractivity contribution in [2.24, 2.45) is 0 Å². The summed E-state index contributed by atoms with van der Waals surface area (Å²) in [5, 5.41) is 7.00. The van der Waals surface area contributed by atoms with Gasteiger partial charge in [0, 0.05) is 20.2 Å². The molecule has 2 atom stereocenters. The number of aliphatic hydroxyl groups is 1. The number of methoxy groups -OCH3 is 2. The van der Waals surface area contributed by atoms with Crippen LogP contribution in [0.2, 0.25) is 0 Å². The van der Waals surface area contributed by atoms with Crippen LogP contribution in [-0.2, 0) is 49.9 Å². The first-order chi connectivity index (χ1) is 18.2. The van der Waals surface area contributed by atoms with Gasteiger partial charge in [-0.1, -0.05) is 69.8 Å². The molecule has 0 saturated heterocycles. The SMILES string of the molecule is C.CC.CO.COC(=O)C1Cc2ccccc2CN1C.COC(=O)C1Cc2ccccc2CN1C.[I][V]([I])[I]. The van der Waals surface area contributed by atoms with Crippen molar-refractivity contribution in [3.63, 3.8) is 0 Å². The van der Waals surface area contributed by atoms with E-state index in [2.05, 4.69) is 84.2 Å². The zero-order chi connectivity index (χ0) is 29.3. The van der Waals surface area contributed by atoms with Crippen molar-refractivity contribution < 1.29 is 29.1 Å². The average molecular weight is 920 g/mol. The van der Waals surface area contributed by atoms with Crippen molar-refractivity contribution >= 4 is 71.9 Å². The van der Waals surface area contributed by atoms with Gasteiger partial charge in [0.1, 0.15) is 12.1 Å². The monoisotopic (exact) mass is 920 g/mol. The summed E-state index contributed by atoms with van der Waals surface area (Å²) in [7, 11) is 7.79. The van der Waals surface area contributed by atoms with Crippen LogP contribution in [0.4, 0.5) is 0 Å². The van der Waals surface area contributed by atoms with E-state index in [1.54, 1.807) is 0 Å². The number of rotatable bonds is 2. The summed E-state index contributed by atoms with van der Waals surface area (Å²) in [6.07, 6.45) is 1.50. The third-order valence-electron chi connectivity index (χ3n) is 5.91. The number of carbonyl (C=O) groups excluding carboxylic acids is 2. The number of likely N-dealkylation sites (N-methyl/N-ethyl adjacent to an activating group) is 2. The number of halogens is 3. The van der Waals surface area contributed by atoms with Gasteiger partial charge in [-0.15, -0.1) is 0 Å². The number of esters is 2. The third kappa shape index (κ3) is 14.7. The molecule has 0 saturated carbocycles. The van der Waals surface area contributed by atoms with Gasteiger partial charge in [-0.05, 0) is 49.2 Å². The first kappa shape index (κ1) is 41.2. The number of nitrogens with zero attached hydrogens (tertiary/aromatic N) is 2. The molecule has 0 amide bonds. The van der Waals surface area contributed by atoms with Gasteiger partial charge < -0.3 is 14.6 Å². The molecule has 0 bridgehead atoms. The fourth-order valence-corrected chi connectivity index (χ4v) is 4.11. The summed E-state index contributed by atoms with van der Waals surface area (Å²) < 4.78 is 9.59. The van der Waals surface area contributed by atoms with Crippen molar-refractivity contribution in [3.05, 3.63) is 70.8 Å². The summed E-state index contributed by atoms with van der Waals surface area (Å²) in [5.41, 5.74) is 5.12. The summed E-state index contributed by atoms with van der Waals surface area (Å²) in [4.78, 5) is 26.8. The van der Waals surface area contributed by atoms with E-state index in [0.29, 0.717) is 0 Å². The van der Waals surface area contributed by atoms with Gasteiger partial charge in [0.2, 0.25) is 0 Å². The van der Waals surface area contributed by atoms with E-state index in [1.165, 1.54) is 36.5 Å². The van der Waals surface area contributed by atoms with Gasteiger partial charge in [0.15, 0.2) is 0 Å². The van der Waals surface area contributed by atoms with E-state index in [4.69, 9.17) is 14.6 Å². The normalized spacial score (nSPS) is 17.2. The minimum absolute atomic E-state index is 0. The number of hydrogen-bond donors (Lipinski definition) is 1. The number of hydrogen-bond acceptors (Lipinski definition) is 7. The zero-order valence-electron chi connectivity index (χ0n) is 23.2. The summed E-state index contributed by atoms with van der Waals surface area (Å²) >= 11 is 7.39. The molecule has 0 radical (unpaired) electrons. The van der Waals surface area contributed by atoms with Gasteiger partial charge in [0.25, 0.3) is 0 Å². The molecule has 0 aliphatic carbocycles. The Morgan fingerprint density at radius 2 is 1.00 bits per heavy atom. The van der Waals surface area contributed by atoms with Crippen LogP contribution in [0.1, 0.15) is 43.5 Å². The Labute approximate surface area is 273 Å². The predicted octanol–water partition coefficient (Wildman–Crippen LogP) is 6.36. The molecule has 39 heavy (non-hydrogen) atoms. The number of aliphatic hydroxyl groups excluding tert-OH is 1. The van der Waals surface area contributed by atoms with Crippen LogP contribution >= 0.6 is 59.9 Å². The van der Waals surface area contributed by atoms with Crippen LogP contribution in [0.25, 0.3) is 0 Å². The summed E-state index contributed by atoms with van der Waals surface area (Å²) in [6.45, 7) is 5.63. The van der Waals surface area contributed by atoms with E-state index < -0.39 is 0 Å². The third-order valence-corrected chi connectivity index (χ3v) is 5.91. The molecule has 222 valence electrons. The fraction of sp³-hybridized carbons (Fsp3) is 0.500. The van der Waals surface area contributed by atoms with Crippen molar-refractivity contribution in [3.8, 4) is 0 Å². The van der Waals surface area contributed by atoms with Gasteiger partial charge in [-0.3, -0.25) is 19.4 Å². The van der Waals surface area contributed by atoms with Crippen LogP contribution in [0.5, 0.6) is 0 Å². The molecule has 0 fully saturated rings. The van der Waals surface area contributed by atoms with Crippen LogP contribution in [0.15, 0.2) is 48.5 Å². The second-order valence-electron chi connectivity index (χ2n) is 8.05. The number of benzene rings is 2. The van der Waals surface area contributed by atoms with E-state index in [1.807, 2.05) is 62.0 Å². The molecular formula is C28H44I3N2O5V. The van der Waals surface area contributed by atoms with Gasteiger partial charge in [0.05, 0.1) is 14.2 Å². The Morgan fingerprint density at radius 3 is 1.26 bits per heavy atom. The average Bonchev–Trinajstić information content (AvgIpc) is 2.93. The number of carbonyl (C=O) groups is 2. The first-order valence-corrected chi connectivity index (χ1v) is 25.6. The molecule has 0 aromatic heterocycles. The van der Waals surface area contributed by atoms with Crippen LogP contribution in [-0.4, -0.2) is 74.4 Å². The number of fused-ring (bicyclic) bond motifs is 2. The van der Waals surface area contributed by atoms with Crippen molar-refractivity contribution in [2.45, 2.75) is 59.3 Å². The van der Waals surface area contributed by atoms with E-state index in [-0.39, 0.29) is 36.4 Å². The molecular weight excluding hydrogens is 876 g/mol. The second kappa shape index (κ2) is 23.6. The molecule has 2 aromatic rings. The Morgan fingerprint density at radius 1 is 0.744 bits per heavy atom. The summed E-state index contributed by atoms with van der Waals surface area (Å²) in [5.74, 6) is -0.293. The molecule has 2 aliphatic heterocycles. The van der Waals surface area contributed by atoms with Crippen LogP contribution in [0, 0.1) is 0 Å².